The molecule has 4 N–H and O–H groups in total. The summed E-state index contributed by atoms with van der Waals surface area (Å²) in [5.41, 5.74) is 7.10. The van der Waals surface area contributed by atoms with Crippen LogP contribution in [0.1, 0.15) is 11.4 Å². The minimum atomic E-state index is -1.20. The van der Waals surface area contributed by atoms with Gasteiger partial charge in [0.05, 0.1) is 0 Å². The van der Waals surface area contributed by atoms with Gasteiger partial charge in [-0.1, -0.05) is 35.1 Å². The van der Waals surface area contributed by atoms with E-state index in [-0.39, 0.29) is 22.2 Å². The Morgan fingerprint density at radius 2 is 2.10 bits per heavy atom. The van der Waals surface area contributed by atoms with Crippen molar-refractivity contribution in [1.29, 1.82) is 0 Å². The molecule has 1 aromatic carbocycles. The van der Waals surface area contributed by atoms with E-state index in [0.717, 1.165) is 27.1 Å². The van der Waals surface area contributed by atoms with E-state index in [4.69, 9.17) is 10.6 Å². The third-order valence-electron chi connectivity index (χ3n) is 6.09. The molecule has 2 amide bonds. The van der Waals surface area contributed by atoms with Crippen molar-refractivity contribution < 1.29 is 24.3 Å². The van der Waals surface area contributed by atoms with Gasteiger partial charge in [-0.05, 0) is 17.7 Å². The number of nitrogen functional groups attached to an aromatic ring is 1. The first-order chi connectivity index (χ1) is 18.8. The standard InChI is InChI=1S/C24H23N7O5S3/c1-30-13(9-26-24(30)39-14-6-4-3-5-7-14)8-12-10-37-21-17(20(33)31(21)18(12)22(34)35)28-19(32)16(29-36-2)15-11-38-23(25)27-15/h3-7,9,11,17,21H,8,10H2,1-2H3,(H2,25,27)(H,28,32)(H,34,35)/b29-16-. The molecule has 2 unspecified atom stereocenters. The lowest BCUT2D eigenvalue weighted by Gasteiger charge is -2.49. The molecule has 2 aromatic heterocycles. The van der Waals surface area contributed by atoms with E-state index in [1.807, 2.05) is 41.9 Å². The number of nitrogens with zero attached hydrogens (tertiary/aromatic N) is 5. The number of nitrogens with two attached hydrogens (primary N) is 1. The third-order valence-corrected chi connectivity index (χ3v) is 9.17. The van der Waals surface area contributed by atoms with Gasteiger partial charge in [0.15, 0.2) is 16.0 Å². The maximum Gasteiger partial charge on any atom is 0.352 e. The molecule has 0 aliphatic carbocycles. The highest BCUT2D eigenvalue weighted by molar-refractivity contribution is 8.00. The zero-order valence-electron chi connectivity index (χ0n) is 20.7. The molecule has 2 aliphatic rings. The summed E-state index contributed by atoms with van der Waals surface area (Å²) < 4.78 is 1.92. The summed E-state index contributed by atoms with van der Waals surface area (Å²) in [5.74, 6) is -2.02. The number of thiazole rings is 1. The minimum Gasteiger partial charge on any atom is -0.477 e. The highest BCUT2D eigenvalue weighted by atomic mass is 32.2. The van der Waals surface area contributed by atoms with Crippen molar-refractivity contribution in [2.45, 2.75) is 27.9 Å². The average molecular weight is 586 g/mol. The van der Waals surface area contributed by atoms with Gasteiger partial charge in [0.1, 0.15) is 29.9 Å². The molecule has 12 nitrogen and oxygen atoms in total. The second-order valence-electron chi connectivity index (χ2n) is 8.49. The van der Waals surface area contributed by atoms with Crippen LogP contribution in [0.25, 0.3) is 0 Å². The third kappa shape index (κ3) is 5.24. The first-order valence-electron chi connectivity index (χ1n) is 11.5. The number of aliphatic carboxylic acids is 1. The predicted octanol–water partition coefficient (Wildman–Crippen LogP) is 1.94. The number of amides is 2. The lowest BCUT2D eigenvalue weighted by molar-refractivity contribution is -0.150. The zero-order chi connectivity index (χ0) is 27.7. The van der Waals surface area contributed by atoms with Gasteiger partial charge >= 0.3 is 5.97 Å². The Bertz CT molecular complexity index is 1500. The number of hydrogen-bond donors (Lipinski definition) is 3. The number of anilines is 1. The van der Waals surface area contributed by atoms with Crippen molar-refractivity contribution in [2.75, 3.05) is 18.6 Å². The van der Waals surface area contributed by atoms with Gasteiger partial charge in [-0.2, -0.15) is 0 Å². The van der Waals surface area contributed by atoms with Crippen LogP contribution >= 0.6 is 34.9 Å². The molecular formula is C24H23N7O5S3. The molecule has 3 aromatic rings. The smallest absolute Gasteiger partial charge is 0.352 e. The topological polar surface area (TPSA) is 165 Å². The van der Waals surface area contributed by atoms with E-state index in [2.05, 4.69) is 20.4 Å². The Hall–Kier alpha value is -3.82. The number of imidazole rings is 1. The van der Waals surface area contributed by atoms with Crippen molar-refractivity contribution in [2.24, 2.45) is 12.2 Å². The van der Waals surface area contributed by atoms with Crippen LogP contribution in [0.3, 0.4) is 0 Å². The molecule has 4 heterocycles. The van der Waals surface area contributed by atoms with Gasteiger partial charge < -0.3 is 25.6 Å². The number of carbonyl (C=O) groups is 3. The number of nitrogens with one attached hydrogen (secondary N) is 1. The molecule has 2 aliphatic heterocycles. The van der Waals surface area contributed by atoms with Gasteiger partial charge in [0.2, 0.25) is 0 Å². The summed E-state index contributed by atoms with van der Waals surface area (Å²) in [7, 11) is 3.16. The number of carboxylic acids is 1. The van der Waals surface area contributed by atoms with E-state index in [9.17, 15) is 19.5 Å². The first kappa shape index (κ1) is 26.8. The van der Waals surface area contributed by atoms with Gasteiger partial charge in [-0.3, -0.25) is 14.5 Å². The highest BCUT2D eigenvalue weighted by Gasteiger charge is 2.54. The van der Waals surface area contributed by atoms with Crippen LogP contribution in [0.4, 0.5) is 5.13 Å². The van der Waals surface area contributed by atoms with Crippen LogP contribution in [-0.2, 0) is 32.7 Å². The zero-order valence-corrected chi connectivity index (χ0v) is 23.2. The number of carbonyl (C=O) groups excluding carboxylic acids is 2. The fourth-order valence-corrected chi connectivity index (χ4v) is 6.98. The van der Waals surface area contributed by atoms with E-state index in [0.29, 0.717) is 17.7 Å². The number of hydrogen-bond acceptors (Lipinski definition) is 11. The molecule has 0 spiro atoms. The Labute approximate surface area is 235 Å². The quantitative estimate of drug-likeness (QED) is 0.192. The molecule has 39 heavy (non-hydrogen) atoms. The predicted molar refractivity (Wildman–Crippen MR) is 147 cm³/mol. The molecule has 202 valence electrons. The summed E-state index contributed by atoms with van der Waals surface area (Å²) in [5, 5.41) is 18.4. The van der Waals surface area contributed by atoms with Crippen LogP contribution in [-0.4, -0.2) is 72.3 Å². The number of aromatic nitrogens is 3. The number of rotatable bonds is 9. The van der Waals surface area contributed by atoms with E-state index < -0.39 is 29.2 Å². The van der Waals surface area contributed by atoms with Gasteiger partial charge in [0, 0.05) is 41.4 Å². The number of thioether (sulfide) groups is 1. The Kier molecular flexibility index (Phi) is 7.63. The molecule has 1 saturated heterocycles. The molecule has 2 atom stereocenters. The summed E-state index contributed by atoms with van der Waals surface area (Å²) in [4.78, 5) is 54.0. The van der Waals surface area contributed by atoms with Crippen molar-refractivity contribution in [3.05, 3.63) is 64.6 Å². The van der Waals surface area contributed by atoms with Gasteiger partial charge in [0.25, 0.3) is 11.8 Å². The largest absolute Gasteiger partial charge is 0.477 e. The number of benzene rings is 1. The normalized spacial score (nSPS) is 19.0. The van der Waals surface area contributed by atoms with Crippen LogP contribution < -0.4 is 11.1 Å². The molecule has 15 heteroatoms. The molecule has 0 saturated carbocycles. The summed E-state index contributed by atoms with van der Waals surface area (Å²) in [6.45, 7) is 0. The molecular weight excluding hydrogens is 563 g/mol. The van der Waals surface area contributed by atoms with Gasteiger partial charge in [-0.15, -0.1) is 23.1 Å². The number of carboxylic acid groups (broad SMARTS) is 1. The van der Waals surface area contributed by atoms with Crippen LogP contribution in [0.15, 0.2) is 68.4 Å². The number of β-lactam (4-membered cyclic amide) rings is 1. The SMILES string of the molecule is CO/N=C(\C(=O)NC1C(=O)N2C(C(=O)O)=C(Cc3cnc(Sc4ccccc4)n3C)CSC12)c1csc(N)n1. The maximum atomic E-state index is 13.1. The fourth-order valence-electron chi connectivity index (χ4n) is 4.22. The van der Waals surface area contributed by atoms with E-state index in [1.54, 1.807) is 11.6 Å². The molecule has 1 fully saturated rings. The van der Waals surface area contributed by atoms with Crippen molar-refractivity contribution in [3.63, 3.8) is 0 Å². The first-order valence-corrected chi connectivity index (χ1v) is 14.3. The van der Waals surface area contributed by atoms with Gasteiger partial charge in [-0.25, -0.2) is 14.8 Å². The molecule has 0 radical (unpaired) electrons. The Balaban J connectivity index is 1.33. The monoisotopic (exact) mass is 585 g/mol. The molecule has 5 rings (SSSR count). The second kappa shape index (κ2) is 11.1. The minimum absolute atomic E-state index is 0.0641. The molecule has 0 bridgehead atoms. The van der Waals surface area contributed by atoms with Crippen molar-refractivity contribution >= 4 is 63.5 Å². The average Bonchev–Trinajstić information content (AvgIpc) is 3.51. The van der Waals surface area contributed by atoms with E-state index >= 15 is 0 Å². The number of fused-ring (bicyclic) bond motifs is 1. The highest BCUT2D eigenvalue weighted by Crippen LogP contribution is 2.41. The van der Waals surface area contributed by atoms with Crippen LogP contribution in [0.2, 0.25) is 0 Å². The van der Waals surface area contributed by atoms with Crippen LogP contribution in [0, 0.1) is 0 Å². The van der Waals surface area contributed by atoms with Crippen molar-refractivity contribution in [1.82, 2.24) is 24.8 Å². The summed E-state index contributed by atoms with van der Waals surface area (Å²) in [6.07, 6.45) is 2.04. The summed E-state index contributed by atoms with van der Waals surface area (Å²) >= 11 is 4.03. The van der Waals surface area contributed by atoms with E-state index in [1.165, 1.54) is 35.5 Å². The Morgan fingerprint density at radius 3 is 2.77 bits per heavy atom. The number of oxime groups is 1. The lowest BCUT2D eigenvalue weighted by atomic mass is 10.0. The summed E-state index contributed by atoms with van der Waals surface area (Å²) in [6, 6.07) is 8.89. The fraction of sp³-hybridized carbons (Fsp3) is 0.250. The van der Waals surface area contributed by atoms with Crippen LogP contribution in [0.5, 0.6) is 0 Å². The lowest BCUT2D eigenvalue weighted by Crippen LogP contribution is -2.71. The second-order valence-corrected chi connectivity index (χ2v) is 11.5. The Morgan fingerprint density at radius 1 is 1.33 bits per heavy atom. The van der Waals surface area contributed by atoms with Crippen molar-refractivity contribution in [3.8, 4) is 0 Å². The maximum absolute atomic E-state index is 13.1.